The van der Waals surface area contributed by atoms with Gasteiger partial charge in [-0.25, -0.2) is 4.98 Å². The van der Waals surface area contributed by atoms with Crippen molar-refractivity contribution in [1.29, 1.82) is 0 Å². The third-order valence-electron chi connectivity index (χ3n) is 4.41. The van der Waals surface area contributed by atoms with E-state index in [-0.39, 0.29) is 23.8 Å². The van der Waals surface area contributed by atoms with E-state index in [1.165, 1.54) is 11.8 Å². The summed E-state index contributed by atoms with van der Waals surface area (Å²) in [6.07, 6.45) is 1.57. The van der Waals surface area contributed by atoms with E-state index < -0.39 is 0 Å². The van der Waals surface area contributed by atoms with Crippen molar-refractivity contribution in [3.8, 4) is 0 Å². The first-order valence-electron chi connectivity index (χ1n) is 8.72. The van der Waals surface area contributed by atoms with Gasteiger partial charge < -0.3 is 14.1 Å². The fourth-order valence-electron chi connectivity index (χ4n) is 2.99. The second-order valence-electron chi connectivity index (χ2n) is 6.16. The highest BCUT2D eigenvalue weighted by molar-refractivity contribution is 7.99. The second kappa shape index (κ2) is 7.98. The molecule has 3 aromatic rings. The van der Waals surface area contributed by atoms with Gasteiger partial charge in [0.15, 0.2) is 5.16 Å². The van der Waals surface area contributed by atoms with Crippen molar-refractivity contribution in [2.45, 2.75) is 11.7 Å². The molecule has 0 N–H and O–H groups in total. The Balaban J connectivity index is 1.63. The van der Waals surface area contributed by atoms with Gasteiger partial charge in [-0.1, -0.05) is 23.9 Å². The molecule has 3 heterocycles. The summed E-state index contributed by atoms with van der Waals surface area (Å²) in [5, 5.41) is 1.06. The number of benzene rings is 1. The van der Waals surface area contributed by atoms with Gasteiger partial charge in [0.2, 0.25) is 5.91 Å². The molecule has 1 amide bonds. The molecule has 1 saturated heterocycles. The van der Waals surface area contributed by atoms with Gasteiger partial charge in [0, 0.05) is 13.1 Å². The largest absolute Gasteiger partial charge is 0.467 e. The fraction of sp³-hybridized carbons (Fsp3) is 0.316. The van der Waals surface area contributed by atoms with E-state index >= 15 is 0 Å². The van der Waals surface area contributed by atoms with Crippen LogP contribution in [0.25, 0.3) is 10.9 Å². The predicted octanol–water partition coefficient (Wildman–Crippen LogP) is 1.99. The first kappa shape index (κ1) is 17.8. The molecule has 0 saturated carbocycles. The van der Waals surface area contributed by atoms with Gasteiger partial charge in [0.1, 0.15) is 5.76 Å². The Morgan fingerprint density at radius 2 is 1.96 bits per heavy atom. The molecule has 140 valence electrons. The Morgan fingerprint density at radius 1 is 1.15 bits per heavy atom. The lowest BCUT2D eigenvalue weighted by atomic mass is 10.2. The summed E-state index contributed by atoms with van der Waals surface area (Å²) in [4.78, 5) is 31.8. The Bertz CT molecular complexity index is 994. The topological polar surface area (TPSA) is 77.6 Å². The van der Waals surface area contributed by atoms with E-state index in [2.05, 4.69) is 4.98 Å². The number of para-hydroxylation sites is 1. The summed E-state index contributed by atoms with van der Waals surface area (Å²) < 4.78 is 12.2. The Hall–Kier alpha value is -2.58. The van der Waals surface area contributed by atoms with Crippen LogP contribution < -0.4 is 5.56 Å². The van der Waals surface area contributed by atoms with Crippen LogP contribution in [0.3, 0.4) is 0 Å². The molecule has 8 heteroatoms. The van der Waals surface area contributed by atoms with Gasteiger partial charge >= 0.3 is 0 Å². The number of fused-ring (bicyclic) bond motifs is 1. The molecular formula is C19H19N3O4S. The van der Waals surface area contributed by atoms with Gasteiger partial charge in [-0.3, -0.25) is 14.2 Å². The lowest BCUT2D eigenvalue weighted by molar-refractivity contribution is -0.132. The maximum atomic E-state index is 13.0. The third-order valence-corrected chi connectivity index (χ3v) is 5.37. The molecule has 0 bridgehead atoms. The number of nitrogens with zero attached hydrogens (tertiary/aromatic N) is 3. The van der Waals surface area contributed by atoms with Crippen molar-refractivity contribution in [2.24, 2.45) is 0 Å². The van der Waals surface area contributed by atoms with Gasteiger partial charge in [0.25, 0.3) is 5.56 Å². The SMILES string of the molecule is O=C(CSc1nc2ccccc2c(=O)n1Cc1ccco1)N1CCOCC1. The minimum Gasteiger partial charge on any atom is -0.467 e. The minimum absolute atomic E-state index is 0.0234. The number of aromatic nitrogens is 2. The van der Waals surface area contributed by atoms with Gasteiger partial charge in [-0.2, -0.15) is 0 Å². The highest BCUT2D eigenvalue weighted by atomic mass is 32.2. The maximum absolute atomic E-state index is 13.0. The number of rotatable bonds is 5. The van der Waals surface area contributed by atoms with Crippen molar-refractivity contribution >= 4 is 28.6 Å². The number of carbonyl (C=O) groups is 1. The average Bonchev–Trinajstić information content (AvgIpc) is 3.22. The average molecular weight is 385 g/mol. The normalized spacial score (nSPS) is 14.6. The molecule has 0 atom stereocenters. The summed E-state index contributed by atoms with van der Waals surface area (Å²) in [5.41, 5.74) is 0.484. The van der Waals surface area contributed by atoms with Crippen molar-refractivity contribution in [2.75, 3.05) is 32.1 Å². The number of hydrogen-bond donors (Lipinski definition) is 0. The Kier molecular flexibility index (Phi) is 5.26. The Labute approximate surface area is 159 Å². The number of carbonyl (C=O) groups excluding carboxylic acids is 1. The van der Waals surface area contributed by atoms with Crippen LogP contribution in [0.2, 0.25) is 0 Å². The zero-order chi connectivity index (χ0) is 18.6. The molecule has 0 aliphatic carbocycles. The van der Waals surface area contributed by atoms with Crippen LogP contribution in [0, 0.1) is 0 Å². The molecule has 1 aliphatic rings. The monoisotopic (exact) mass is 385 g/mol. The first-order chi connectivity index (χ1) is 13.2. The third kappa shape index (κ3) is 3.91. The van der Waals surface area contributed by atoms with Crippen molar-refractivity contribution in [3.63, 3.8) is 0 Å². The zero-order valence-electron chi connectivity index (χ0n) is 14.7. The van der Waals surface area contributed by atoms with Gasteiger partial charge in [-0.05, 0) is 24.3 Å². The van der Waals surface area contributed by atoms with Crippen LogP contribution in [0.4, 0.5) is 0 Å². The van der Waals surface area contributed by atoms with E-state index in [1.54, 1.807) is 27.9 Å². The number of furan rings is 1. The van der Waals surface area contributed by atoms with E-state index in [4.69, 9.17) is 9.15 Å². The van der Waals surface area contributed by atoms with Crippen LogP contribution in [0.1, 0.15) is 5.76 Å². The molecule has 27 heavy (non-hydrogen) atoms. The second-order valence-corrected chi connectivity index (χ2v) is 7.11. The predicted molar refractivity (Wildman–Crippen MR) is 102 cm³/mol. The van der Waals surface area contributed by atoms with Crippen molar-refractivity contribution in [3.05, 3.63) is 58.8 Å². The van der Waals surface area contributed by atoms with Crippen molar-refractivity contribution < 1.29 is 13.9 Å². The lowest BCUT2D eigenvalue weighted by Gasteiger charge is -2.26. The summed E-state index contributed by atoms with van der Waals surface area (Å²) in [7, 11) is 0. The quantitative estimate of drug-likeness (QED) is 0.494. The lowest BCUT2D eigenvalue weighted by Crippen LogP contribution is -2.41. The van der Waals surface area contributed by atoms with E-state index in [0.717, 1.165) is 0 Å². The summed E-state index contributed by atoms with van der Waals surface area (Å²) in [6.45, 7) is 2.60. The van der Waals surface area contributed by atoms with Gasteiger partial charge in [-0.15, -0.1) is 0 Å². The first-order valence-corrected chi connectivity index (χ1v) is 9.71. The minimum atomic E-state index is -0.140. The Morgan fingerprint density at radius 3 is 2.74 bits per heavy atom. The molecule has 1 fully saturated rings. The fourth-order valence-corrected chi connectivity index (χ4v) is 3.89. The molecule has 0 unspecified atom stereocenters. The van der Waals surface area contributed by atoms with Crippen LogP contribution in [-0.4, -0.2) is 52.4 Å². The molecule has 2 aromatic heterocycles. The molecule has 0 spiro atoms. The molecule has 4 rings (SSSR count). The summed E-state index contributed by atoms with van der Waals surface area (Å²) in [5.74, 6) is 0.911. The standard InChI is InChI=1S/C19H19N3O4S/c23-17(21-7-10-25-11-8-21)13-27-19-20-16-6-2-1-5-15(16)18(24)22(19)12-14-4-3-9-26-14/h1-6,9H,7-8,10-13H2. The van der Waals surface area contributed by atoms with Gasteiger partial charge in [0.05, 0.1) is 42.7 Å². The summed E-state index contributed by atoms with van der Waals surface area (Å²) >= 11 is 1.28. The molecule has 0 radical (unpaired) electrons. The molecular weight excluding hydrogens is 366 g/mol. The maximum Gasteiger partial charge on any atom is 0.262 e. The number of amides is 1. The van der Waals surface area contributed by atoms with Crippen LogP contribution in [-0.2, 0) is 16.1 Å². The van der Waals surface area contributed by atoms with E-state index in [9.17, 15) is 9.59 Å². The number of thioether (sulfide) groups is 1. The number of hydrogen-bond acceptors (Lipinski definition) is 6. The van der Waals surface area contributed by atoms with E-state index in [0.29, 0.717) is 48.1 Å². The zero-order valence-corrected chi connectivity index (χ0v) is 15.5. The van der Waals surface area contributed by atoms with Crippen LogP contribution >= 0.6 is 11.8 Å². The molecule has 7 nitrogen and oxygen atoms in total. The summed E-state index contributed by atoms with van der Waals surface area (Å²) in [6, 6.07) is 10.8. The molecule has 1 aromatic carbocycles. The highest BCUT2D eigenvalue weighted by Crippen LogP contribution is 2.20. The number of morpholine rings is 1. The van der Waals surface area contributed by atoms with Crippen molar-refractivity contribution in [1.82, 2.24) is 14.5 Å². The van der Waals surface area contributed by atoms with Crippen LogP contribution in [0.5, 0.6) is 0 Å². The number of ether oxygens (including phenoxy) is 1. The smallest absolute Gasteiger partial charge is 0.262 e. The highest BCUT2D eigenvalue weighted by Gasteiger charge is 2.19. The van der Waals surface area contributed by atoms with E-state index in [1.807, 2.05) is 24.3 Å². The molecule has 1 aliphatic heterocycles. The van der Waals surface area contributed by atoms with Crippen LogP contribution in [0.15, 0.2) is 57.0 Å².